The summed E-state index contributed by atoms with van der Waals surface area (Å²) >= 11 is 1.22. The quantitative estimate of drug-likeness (QED) is 0.869. The number of thiazole rings is 1. The zero-order chi connectivity index (χ0) is 11.5. The van der Waals surface area contributed by atoms with E-state index in [1.165, 1.54) is 17.5 Å². The number of rotatable bonds is 3. The SMILES string of the molecule is CCC1CN(c2ncc(C(=O)O)s2)CCO1. The van der Waals surface area contributed by atoms with Crippen LogP contribution in [0.2, 0.25) is 0 Å². The Morgan fingerprint density at radius 1 is 1.81 bits per heavy atom. The highest BCUT2D eigenvalue weighted by atomic mass is 32.1. The molecule has 0 radical (unpaired) electrons. The van der Waals surface area contributed by atoms with Crippen molar-refractivity contribution in [1.29, 1.82) is 0 Å². The van der Waals surface area contributed by atoms with Gasteiger partial charge in [-0.25, -0.2) is 9.78 Å². The maximum atomic E-state index is 10.7. The average Bonchev–Trinajstić information content (AvgIpc) is 2.78. The van der Waals surface area contributed by atoms with Gasteiger partial charge in [-0.15, -0.1) is 0 Å². The number of aromatic nitrogens is 1. The number of carbonyl (C=O) groups is 1. The third-order valence-electron chi connectivity index (χ3n) is 2.57. The van der Waals surface area contributed by atoms with Gasteiger partial charge in [-0.3, -0.25) is 0 Å². The van der Waals surface area contributed by atoms with Gasteiger partial charge >= 0.3 is 5.97 Å². The van der Waals surface area contributed by atoms with Crippen LogP contribution in [-0.2, 0) is 4.74 Å². The van der Waals surface area contributed by atoms with E-state index in [9.17, 15) is 4.79 Å². The molecule has 0 spiro atoms. The molecule has 0 bridgehead atoms. The molecule has 0 amide bonds. The lowest BCUT2D eigenvalue weighted by Gasteiger charge is -2.32. The Morgan fingerprint density at radius 2 is 2.62 bits per heavy atom. The summed E-state index contributed by atoms with van der Waals surface area (Å²) in [5.74, 6) is -0.913. The summed E-state index contributed by atoms with van der Waals surface area (Å²) in [6.45, 7) is 4.34. The first-order valence-corrected chi connectivity index (χ1v) is 6.08. The van der Waals surface area contributed by atoms with Crippen LogP contribution < -0.4 is 4.90 Å². The minimum atomic E-state index is -0.913. The standard InChI is InChI=1S/C10H14N2O3S/c1-2-7-6-12(3-4-15-7)10-11-5-8(16-10)9(13)14/h5,7H,2-4,6H2,1H3,(H,13,14). The number of aromatic carboxylic acids is 1. The van der Waals surface area contributed by atoms with E-state index in [4.69, 9.17) is 9.84 Å². The number of ether oxygens (including phenoxy) is 1. The largest absolute Gasteiger partial charge is 0.477 e. The van der Waals surface area contributed by atoms with E-state index in [1.807, 2.05) is 0 Å². The van der Waals surface area contributed by atoms with Crippen LogP contribution in [0.3, 0.4) is 0 Å². The number of hydrogen-bond acceptors (Lipinski definition) is 5. The Hall–Kier alpha value is -1.14. The van der Waals surface area contributed by atoms with Gasteiger partial charge in [0.2, 0.25) is 0 Å². The first kappa shape index (κ1) is 11.3. The Kier molecular flexibility index (Phi) is 3.40. The van der Waals surface area contributed by atoms with Gasteiger partial charge in [0, 0.05) is 13.1 Å². The van der Waals surface area contributed by atoms with Crippen molar-refractivity contribution in [3.63, 3.8) is 0 Å². The lowest BCUT2D eigenvalue weighted by Crippen LogP contribution is -2.42. The van der Waals surface area contributed by atoms with Crippen LogP contribution in [0.4, 0.5) is 5.13 Å². The fourth-order valence-corrected chi connectivity index (χ4v) is 2.44. The molecule has 88 valence electrons. The summed E-state index contributed by atoms with van der Waals surface area (Å²) in [5, 5.41) is 9.60. The molecule has 1 aromatic heterocycles. The molecule has 1 aromatic rings. The van der Waals surface area contributed by atoms with Crippen LogP contribution >= 0.6 is 11.3 Å². The first-order chi connectivity index (χ1) is 7.70. The number of carboxylic acids is 1. The van der Waals surface area contributed by atoms with Gasteiger partial charge < -0.3 is 14.7 Å². The number of hydrogen-bond donors (Lipinski definition) is 1. The van der Waals surface area contributed by atoms with E-state index in [2.05, 4.69) is 16.8 Å². The number of anilines is 1. The molecule has 5 nitrogen and oxygen atoms in total. The van der Waals surface area contributed by atoms with Crippen molar-refractivity contribution >= 4 is 22.4 Å². The molecule has 0 saturated carbocycles. The van der Waals surface area contributed by atoms with Crippen LogP contribution in [0.25, 0.3) is 0 Å². The fraction of sp³-hybridized carbons (Fsp3) is 0.600. The van der Waals surface area contributed by atoms with E-state index in [1.54, 1.807) is 0 Å². The van der Waals surface area contributed by atoms with E-state index < -0.39 is 5.97 Å². The van der Waals surface area contributed by atoms with Gasteiger partial charge in [0.1, 0.15) is 4.88 Å². The Bertz CT molecular complexity index is 380. The molecule has 0 aromatic carbocycles. The molecule has 1 atom stereocenters. The smallest absolute Gasteiger partial charge is 0.347 e. The minimum Gasteiger partial charge on any atom is -0.477 e. The van der Waals surface area contributed by atoms with Crippen LogP contribution in [0.5, 0.6) is 0 Å². The number of carboxylic acid groups (broad SMARTS) is 1. The maximum absolute atomic E-state index is 10.7. The molecule has 1 N–H and O–H groups in total. The molecular formula is C10H14N2O3S. The highest BCUT2D eigenvalue weighted by Crippen LogP contribution is 2.24. The second-order valence-corrected chi connectivity index (χ2v) is 4.67. The Morgan fingerprint density at radius 3 is 3.25 bits per heavy atom. The first-order valence-electron chi connectivity index (χ1n) is 5.26. The molecule has 1 fully saturated rings. The van der Waals surface area contributed by atoms with Gasteiger partial charge in [0.25, 0.3) is 0 Å². The summed E-state index contributed by atoms with van der Waals surface area (Å²) in [6.07, 6.45) is 2.61. The Labute approximate surface area is 97.7 Å². The van der Waals surface area contributed by atoms with E-state index in [-0.39, 0.29) is 11.0 Å². The van der Waals surface area contributed by atoms with Gasteiger partial charge in [-0.05, 0) is 6.42 Å². The molecule has 1 saturated heterocycles. The van der Waals surface area contributed by atoms with Gasteiger partial charge in [-0.2, -0.15) is 0 Å². The van der Waals surface area contributed by atoms with E-state index >= 15 is 0 Å². The van der Waals surface area contributed by atoms with Gasteiger partial charge in [-0.1, -0.05) is 18.3 Å². The minimum absolute atomic E-state index is 0.228. The van der Waals surface area contributed by atoms with Crippen molar-refractivity contribution in [2.45, 2.75) is 19.4 Å². The monoisotopic (exact) mass is 242 g/mol. The third kappa shape index (κ3) is 2.33. The molecule has 0 aliphatic carbocycles. The van der Waals surface area contributed by atoms with Crippen molar-refractivity contribution in [2.24, 2.45) is 0 Å². The average molecular weight is 242 g/mol. The maximum Gasteiger partial charge on any atom is 0.347 e. The predicted molar refractivity (Wildman–Crippen MR) is 61.3 cm³/mol. The summed E-state index contributed by atoms with van der Waals surface area (Å²) in [7, 11) is 0. The lowest BCUT2D eigenvalue weighted by atomic mass is 10.2. The van der Waals surface area contributed by atoms with E-state index in [0.29, 0.717) is 6.61 Å². The van der Waals surface area contributed by atoms with Gasteiger partial charge in [0.15, 0.2) is 5.13 Å². The lowest BCUT2D eigenvalue weighted by molar-refractivity contribution is 0.0384. The zero-order valence-electron chi connectivity index (χ0n) is 9.05. The van der Waals surface area contributed by atoms with Crippen molar-refractivity contribution in [2.75, 3.05) is 24.6 Å². The molecule has 1 unspecified atom stereocenters. The molecular weight excluding hydrogens is 228 g/mol. The normalized spacial score (nSPS) is 21.1. The fourth-order valence-electron chi connectivity index (χ4n) is 1.65. The zero-order valence-corrected chi connectivity index (χ0v) is 9.87. The number of morpholine rings is 1. The molecule has 1 aliphatic heterocycles. The highest BCUT2D eigenvalue weighted by molar-refractivity contribution is 7.17. The molecule has 1 aliphatic rings. The summed E-state index contributed by atoms with van der Waals surface area (Å²) in [6, 6.07) is 0. The highest BCUT2D eigenvalue weighted by Gasteiger charge is 2.22. The number of nitrogens with zero attached hydrogens (tertiary/aromatic N) is 2. The van der Waals surface area contributed by atoms with Crippen molar-refractivity contribution < 1.29 is 14.6 Å². The van der Waals surface area contributed by atoms with Crippen LogP contribution in [0.15, 0.2) is 6.20 Å². The van der Waals surface area contributed by atoms with Crippen molar-refractivity contribution in [3.05, 3.63) is 11.1 Å². The third-order valence-corrected chi connectivity index (χ3v) is 3.62. The van der Waals surface area contributed by atoms with Crippen molar-refractivity contribution in [3.8, 4) is 0 Å². The molecule has 6 heteroatoms. The summed E-state index contributed by atoms with van der Waals surface area (Å²) in [5.41, 5.74) is 0. The topological polar surface area (TPSA) is 62.7 Å². The predicted octanol–water partition coefficient (Wildman–Crippen LogP) is 1.46. The van der Waals surface area contributed by atoms with Crippen LogP contribution in [0.1, 0.15) is 23.0 Å². The second kappa shape index (κ2) is 4.80. The van der Waals surface area contributed by atoms with Gasteiger partial charge in [0.05, 0.1) is 18.9 Å². The van der Waals surface area contributed by atoms with Crippen LogP contribution in [-0.4, -0.2) is 41.9 Å². The molecule has 16 heavy (non-hydrogen) atoms. The van der Waals surface area contributed by atoms with Crippen LogP contribution in [0, 0.1) is 0 Å². The Balaban J connectivity index is 2.08. The summed E-state index contributed by atoms with van der Waals surface area (Å²) < 4.78 is 5.55. The molecule has 2 rings (SSSR count). The van der Waals surface area contributed by atoms with Crippen molar-refractivity contribution in [1.82, 2.24) is 4.98 Å². The second-order valence-electron chi connectivity index (χ2n) is 3.66. The molecule has 2 heterocycles. The summed E-state index contributed by atoms with van der Waals surface area (Å²) in [4.78, 5) is 17.3. The van der Waals surface area contributed by atoms with E-state index in [0.717, 1.165) is 24.6 Å².